The zero-order valence-corrected chi connectivity index (χ0v) is 20.1. The van der Waals surface area contributed by atoms with E-state index >= 15 is 0 Å². The van der Waals surface area contributed by atoms with E-state index in [0.717, 1.165) is 42.2 Å². The maximum atomic E-state index is 13.1. The number of carbonyl (C=O) groups is 1. The molecule has 0 aliphatic carbocycles. The molecule has 1 amide bonds. The van der Waals surface area contributed by atoms with E-state index in [4.69, 9.17) is 9.47 Å². The number of amides is 1. The van der Waals surface area contributed by atoms with Gasteiger partial charge in [-0.15, -0.1) is 0 Å². The number of nitrogens with zero attached hydrogens (tertiary/aromatic N) is 3. The monoisotopic (exact) mass is 465 g/mol. The molecule has 2 N–H and O–H groups in total. The number of benzene rings is 1. The van der Waals surface area contributed by atoms with Crippen LogP contribution >= 0.6 is 0 Å². The summed E-state index contributed by atoms with van der Waals surface area (Å²) in [4.78, 5) is 29.1. The number of rotatable bonds is 4. The van der Waals surface area contributed by atoms with Crippen LogP contribution in [0.1, 0.15) is 43.7 Å². The van der Waals surface area contributed by atoms with Crippen molar-refractivity contribution in [3.05, 3.63) is 64.3 Å². The summed E-state index contributed by atoms with van der Waals surface area (Å²) >= 11 is 0. The van der Waals surface area contributed by atoms with Gasteiger partial charge in [-0.3, -0.25) is 9.59 Å². The van der Waals surface area contributed by atoms with E-state index in [1.807, 2.05) is 26.0 Å². The summed E-state index contributed by atoms with van der Waals surface area (Å²) in [6.07, 6.45) is 4.01. The molecule has 0 spiro atoms. The first-order chi connectivity index (χ1) is 16.4. The number of nitrogens with one attached hydrogen (secondary N) is 2. The fraction of sp³-hybridized carbons (Fsp3) is 0.400. The molecule has 1 saturated heterocycles. The van der Waals surface area contributed by atoms with Gasteiger partial charge >= 0.3 is 0 Å². The summed E-state index contributed by atoms with van der Waals surface area (Å²) in [5.41, 5.74) is 3.19. The molecule has 2 aliphatic heterocycles. The molecule has 0 unspecified atom stereocenters. The molecular formula is C25H31N5O4. The van der Waals surface area contributed by atoms with Gasteiger partial charge in [0.05, 0.1) is 30.3 Å². The first kappa shape index (κ1) is 23.6. The number of ether oxygens (including phenoxy) is 2. The summed E-state index contributed by atoms with van der Waals surface area (Å²) in [6, 6.07) is 8.73. The predicted molar refractivity (Wildman–Crippen MR) is 131 cm³/mol. The molecule has 2 aromatic heterocycles. The van der Waals surface area contributed by atoms with Crippen LogP contribution < -0.4 is 20.5 Å². The predicted octanol–water partition coefficient (Wildman–Crippen LogP) is 3.39. The van der Waals surface area contributed by atoms with Crippen LogP contribution in [-0.2, 0) is 11.2 Å². The zero-order valence-electron chi connectivity index (χ0n) is 20.1. The number of aromatic nitrogens is 3. The number of carbonyl (C=O) groups excluding carboxylic acids is 1. The molecule has 34 heavy (non-hydrogen) atoms. The van der Waals surface area contributed by atoms with Crippen molar-refractivity contribution in [3.8, 4) is 11.4 Å². The minimum Gasteiger partial charge on any atom is -0.487 e. The van der Waals surface area contributed by atoms with Crippen molar-refractivity contribution < 1.29 is 14.3 Å². The fourth-order valence-electron chi connectivity index (χ4n) is 4.13. The second kappa shape index (κ2) is 9.72. The quantitative estimate of drug-likeness (QED) is 0.613. The summed E-state index contributed by atoms with van der Waals surface area (Å²) in [5, 5.41) is 7.41. The number of hydrogen-bond acceptors (Lipinski definition) is 6. The average Bonchev–Trinajstić information content (AvgIpc) is 3.44. The molecule has 9 nitrogen and oxygen atoms in total. The van der Waals surface area contributed by atoms with E-state index in [2.05, 4.69) is 34.1 Å². The van der Waals surface area contributed by atoms with Crippen molar-refractivity contribution in [2.24, 2.45) is 0 Å². The third-order valence-corrected chi connectivity index (χ3v) is 5.64. The van der Waals surface area contributed by atoms with E-state index in [9.17, 15) is 9.59 Å². The van der Waals surface area contributed by atoms with Gasteiger partial charge < -0.3 is 24.7 Å². The molecule has 0 saturated carbocycles. The molecule has 3 aromatic rings. The van der Waals surface area contributed by atoms with Crippen LogP contribution in [0, 0.1) is 0 Å². The van der Waals surface area contributed by atoms with Crippen molar-refractivity contribution in [2.45, 2.75) is 39.7 Å². The second-order valence-electron chi connectivity index (χ2n) is 8.63. The van der Waals surface area contributed by atoms with Crippen molar-refractivity contribution in [1.82, 2.24) is 14.8 Å². The molecule has 1 aromatic carbocycles. The molecule has 0 bridgehead atoms. The van der Waals surface area contributed by atoms with Crippen LogP contribution in [0.4, 0.5) is 11.4 Å². The third kappa shape index (κ3) is 4.99. The Kier molecular flexibility index (Phi) is 6.74. The van der Waals surface area contributed by atoms with E-state index in [0.29, 0.717) is 18.9 Å². The highest BCUT2D eigenvalue weighted by Crippen LogP contribution is 2.41. The number of morpholine rings is 1. The SMILES string of the molecule is CC.CC1(C)Cc2cc(NC(=O)c3ccn(-c4ccc(=O)[nH]c4)n3)c(N3CCOCC3)cc2O1. The molecule has 180 valence electrons. The molecule has 4 heterocycles. The Hall–Kier alpha value is -3.59. The van der Waals surface area contributed by atoms with Crippen molar-refractivity contribution >= 4 is 17.3 Å². The molecule has 0 radical (unpaired) electrons. The van der Waals surface area contributed by atoms with Gasteiger partial charge in [-0.2, -0.15) is 5.10 Å². The number of aromatic amines is 1. The fourth-order valence-corrected chi connectivity index (χ4v) is 4.13. The average molecular weight is 466 g/mol. The van der Waals surface area contributed by atoms with Gasteiger partial charge in [0.2, 0.25) is 5.56 Å². The van der Waals surface area contributed by atoms with Crippen molar-refractivity contribution in [1.29, 1.82) is 0 Å². The molecule has 0 atom stereocenters. The van der Waals surface area contributed by atoms with Crippen LogP contribution in [0.3, 0.4) is 0 Å². The van der Waals surface area contributed by atoms with E-state index in [-0.39, 0.29) is 22.8 Å². The van der Waals surface area contributed by atoms with E-state index < -0.39 is 0 Å². The van der Waals surface area contributed by atoms with Gasteiger partial charge in [0.25, 0.3) is 5.91 Å². The van der Waals surface area contributed by atoms with Crippen molar-refractivity contribution in [3.63, 3.8) is 0 Å². The Bertz CT molecular complexity index is 1200. The van der Waals surface area contributed by atoms with E-state index in [1.165, 1.54) is 6.07 Å². The van der Waals surface area contributed by atoms with Crippen LogP contribution in [0.2, 0.25) is 0 Å². The van der Waals surface area contributed by atoms with Gasteiger partial charge in [-0.25, -0.2) is 4.68 Å². The standard InChI is InChI=1S/C23H25N5O4.C2H6/c1-23(2)13-15-11-18(19(12-20(15)32-23)27-7-9-31-10-8-27)25-22(30)17-5-6-28(26-17)16-3-4-21(29)24-14-16;1-2/h3-6,11-12,14H,7-10,13H2,1-2H3,(H,24,29)(H,25,30);1-2H3. The lowest BCUT2D eigenvalue weighted by molar-refractivity contribution is 0.102. The maximum absolute atomic E-state index is 13.1. The van der Waals surface area contributed by atoms with Crippen LogP contribution in [0.15, 0.2) is 47.5 Å². The molecule has 9 heteroatoms. The normalized spacial score (nSPS) is 16.2. The zero-order chi connectivity index (χ0) is 24.3. The minimum atomic E-state index is -0.305. The lowest BCUT2D eigenvalue weighted by Crippen LogP contribution is -2.36. The highest BCUT2D eigenvalue weighted by atomic mass is 16.5. The Morgan fingerprint density at radius 1 is 1.15 bits per heavy atom. The lowest BCUT2D eigenvalue weighted by atomic mass is 10.0. The number of pyridine rings is 1. The first-order valence-corrected chi connectivity index (χ1v) is 11.6. The van der Waals surface area contributed by atoms with Crippen LogP contribution in [0.5, 0.6) is 5.75 Å². The summed E-state index contributed by atoms with van der Waals surface area (Å²) in [7, 11) is 0. The number of hydrogen-bond donors (Lipinski definition) is 2. The van der Waals surface area contributed by atoms with Crippen LogP contribution in [0.25, 0.3) is 5.69 Å². The van der Waals surface area contributed by atoms with Gasteiger partial charge in [-0.05, 0) is 32.0 Å². The lowest BCUT2D eigenvalue weighted by Gasteiger charge is -2.31. The Labute approximate surface area is 198 Å². The summed E-state index contributed by atoms with van der Waals surface area (Å²) in [5.74, 6) is 0.553. The number of fused-ring (bicyclic) bond motifs is 1. The van der Waals surface area contributed by atoms with Crippen LogP contribution in [-0.4, -0.2) is 52.6 Å². The van der Waals surface area contributed by atoms with E-state index in [1.54, 1.807) is 29.2 Å². The first-order valence-electron chi connectivity index (χ1n) is 11.6. The maximum Gasteiger partial charge on any atom is 0.276 e. The Morgan fingerprint density at radius 3 is 2.62 bits per heavy atom. The number of H-pyrrole nitrogens is 1. The summed E-state index contributed by atoms with van der Waals surface area (Å²) in [6.45, 7) is 10.9. The van der Waals surface area contributed by atoms with Gasteiger partial charge in [-0.1, -0.05) is 13.8 Å². The van der Waals surface area contributed by atoms with Gasteiger partial charge in [0, 0.05) is 49.6 Å². The largest absolute Gasteiger partial charge is 0.487 e. The Balaban J connectivity index is 0.00000133. The number of anilines is 2. The topological polar surface area (TPSA) is 101 Å². The highest BCUT2D eigenvalue weighted by Gasteiger charge is 2.32. The third-order valence-electron chi connectivity index (χ3n) is 5.64. The molecule has 5 rings (SSSR count). The van der Waals surface area contributed by atoms with Crippen molar-refractivity contribution in [2.75, 3.05) is 36.5 Å². The smallest absolute Gasteiger partial charge is 0.276 e. The molecule has 1 fully saturated rings. The molecular weight excluding hydrogens is 434 g/mol. The summed E-state index contributed by atoms with van der Waals surface area (Å²) < 4.78 is 13.2. The minimum absolute atomic E-state index is 0.196. The Morgan fingerprint density at radius 2 is 1.91 bits per heavy atom. The second-order valence-corrected chi connectivity index (χ2v) is 8.63. The highest BCUT2D eigenvalue weighted by molar-refractivity contribution is 6.05. The van der Waals surface area contributed by atoms with Gasteiger partial charge in [0.15, 0.2) is 5.69 Å². The van der Waals surface area contributed by atoms with Gasteiger partial charge in [0.1, 0.15) is 11.4 Å². The molecule has 2 aliphatic rings.